The van der Waals surface area contributed by atoms with Gasteiger partial charge in [-0.05, 0) is 47.0 Å². The minimum absolute atomic E-state index is 0.0340. The summed E-state index contributed by atoms with van der Waals surface area (Å²) in [4.78, 5) is 12.5. The Morgan fingerprint density at radius 1 is 0.938 bits per heavy atom. The predicted octanol–water partition coefficient (Wildman–Crippen LogP) is 4.40. The van der Waals surface area contributed by atoms with Crippen molar-refractivity contribution in [2.24, 2.45) is 0 Å². The molecule has 0 bridgehead atoms. The molecule has 0 fully saturated rings. The Hall–Kier alpha value is -3.45. The second-order valence-electron chi connectivity index (χ2n) is 7.51. The minimum atomic E-state index is -0.0340. The molecule has 1 aromatic heterocycles. The van der Waals surface area contributed by atoms with Crippen molar-refractivity contribution in [1.82, 2.24) is 25.5 Å². The van der Waals surface area contributed by atoms with E-state index in [0.29, 0.717) is 11.7 Å². The van der Waals surface area contributed by atoms with E-state index in [2.05, 4.69) is 69.4 Å². The summed E-state index contributed by atoms with van der Waals surface area (Å²) < 4.78 is 1.65. The van der Waals surface area contributed by atoms with Gasteiger partial charge in [0.15, 0.2) is 0 Å². The molecule has 32 heavy (non-hydrogen) atoms. The predicted molar refractivity (Wildman–Crippen MR) is 127 cm³/mol. The summed E-state index contributed by atoms with van der Waals surface area (Å²) in [7, 11) is 0. The van der Waals surface area contributed by atoms with Crippen LogP contribution in [0.3, 0.4) is 0 Å². The number of rotatable bonds is 9. The van der Waals surface area contributed by atoms with Crippen LogP contribution in [0.25, 0.3) is 5.69 Å². The first-order valence-electron chi connectivity index (χ1n) is 10.6. The van der Waals surface area contributed by atoms with Crippen LogP contribution in [0.1, 0.15) is 29.0 Å². The molecule has 3 aromatic carbocycles. The lowest BCUT2D eigenvalue weighted by Crippen LogP contribution is -2.27. The molecule has 4 aromatic rings. The summed E-state index contributed by atoms with van der Waals surface area (Å²) in [5.41, 5.74) is 4.54. The van der Waals surface area contributed by atoms with E-state index in [1.54, 1.807) is 4.68 Å². The van der Waals surface area contributed by atoms with Crippen molar-refractivity contribution in [2.45, 2.75) is 24.4 Å². The molecule has 4 rings (SSSR count). The molecule has 0 saturated heterocycles. The van der Waals surface area contributed by atoms with Crippen LogP contribution in [0, 0.1) is 6.92 Å². The van der Waals surface area contributed by atoms with Gasteiger partial charge in [-0.25, -0.2) is 0 Å². The smallest absolute Gasteiger partial charge is 0.230 e. The SMILES string of the molecule is Cc1ccc(-n2nnnc2SCC(=O)NCCC(c2ccccc2)c2ccccc2)cc1. The number of nitrogens with one attached hydrogen (secondary N) is 1. The lowest BCUT2D eigenvalue weighted by atomic mass is 9.88. The zero-order chi connectivity index (χ0) is 22.2. The van der Waals surface area contributed by atoms with Gasteiger partial charge in [0.2, 0.25) is 11.1 Å². The standard InChI is InChI=1S/C25H25N5OS/c1-19-12-14-22(15-13-19)30-25(27-28-29-30)32-18-24(31)26-17-16-23(20-8-4-2-5-9-20)21-10-6-3-7-11-21/h2-15,23H,16-18H2,1H3,(H,26,31). The van der Waals surface area contributed by atoms with E-state index in [4.69, 9.17) is 0 Å². The summed E-state index contributed by atoms with van der Waals surface area (Å²) in [6, 6.07) is 28.8. The van der Waals surface area contributed by atoms with Crippen molar-refractivity contribution in [1.29, 1.82) is 0 Å². The molecular formula is C25H25N5OS. The zero-order valence-electron chi connectivity index (χ0n) is 17.9. The number of carbonyl (C=O) groups is 1. The van der Waals surface area contributed by atoms with Crippen molar-refractivity contribution in [3.05, 3.63) is 102 Å². The van der Waals surface area contributed by atoms with Gasteiger partial charge < -0.3 is 5.32 Å². The van der Waals surface area contributed by atoms with Gasteiger partial charge in [-0.1, -0.05) is 90.1 Å². The van der Waals surface area contributed by atoms with E-state index in [0.717, 1.165) is 12.1 Å². The average Bonchev–Trinajstić information content (AvgIpc) is 3.31. The summed E-state index contributed by atoms with van der Waals surface area (Å²) in [5.74, 6) is 0.459. The number of hydrogen-bond donors (Lipinski definition) is 1. The highest BCUT2D eigenvalue weighted by molar-refractivity contribution is 7.99. The third-order valence-corrected chi connectivity index (χ3v) is 6.13. The monoisotopic (exact) mass is 443 g/mol. The second-order valence-corrected chi connectivity index (χ2v) is 8.45. The molecule has 0 radical (unpaired) electrons. The number of aryl methyl sites for hydroxylation is 1. The van der Waals surface area contributed by atoms with Gasteiger partial charge in [0.1, 0.15) is 0 Å². The largest absolute Gasteiger partial charge is 0.355 e. The summed E-state index contributed by atoms with van der Waals surface area (Å²) >= 11 is 1.33. The minimum Gasteiger partial charge on any atom is -0.355 e. The maximum Gasteiger partial charge on any atom is 0.230 e. The van der Waals surface area contributed by atoms with Gasteiger partial charge in [-0.15, -0.1) is 5.10 Å². The van der Waals surface area contributed by atoms with Crippen LogP contribution in [-0.2, 0) is 4.79 Å². The topological polar surface area (TPSA) is 72.7 Å². The first-order chi connectivity index (χ1) is 15.7. The van der Waals surface area contributed by atoms with Crippen LogP contribution in [0.15, 0.2) is 90.1 Å². The van der Waals surface area contributed by atoms with Gasteiger partial charge in [-0.3, -0.25) is 4.79 Å². The lowest BCUT2D eigenvalue weighted by molar-refractivity contribution is -0.118. The van der Waals surface area contributed by atoms with E-state index < -0.39 is 0 Å². The molecule has 0 spiro atoms. The Bertz CT molecular complexity index is 1090. The molecule has 7 heteroatoms. The third-order valence-electron chi connectivity index (χ3n) is 5.21. The van der Waals surface area contributed by atoms with Gasteiger partial charge in [0.25, 0.3) is 0 Å². The first-order valence-corrected chi connectivity index (χ1v) is 11.5. The van der Waals surface area contributed by atoms with Crippen molar-refractivity contribution in [3.63, 3.8) is 0 Å². The summed E-state index contributed by atoms with van der Waals surface area (Å²) in [6.45, 7) is 2.63. The van der Waals surface area contributed by atoms with Gasteiger partial charge in [0, 0.05) is 12.5 Å². The average molecular weight is 444 g/mol. The molecular weight excluding hydrogens is 418 g/mol. The molecule has 0 aliphatic heterocycles. The van der Waals surface area contributed by atoms with Gasteiger partial charge >= 0.3 is 0 Å². The van der Waals surface area contributed by atoms with Gasteiger partial charge in [0.05, 0.1) is 11.4 Å². The van der Waals surface area contributed by atoms with Crippen LogP contribution in [0.2, 0.25) is 0 Å². The number of tetrazole rings is 1. The Balaban J connectivity index is 1.32. The summed E-state index contributed by atoms with van der Waals surface area (Å²) in [5, 5.41) is 15.5. The molecule has 0 aliphatic carbocycles. The molecule has 1 N–H and O–H groups in total. The molecule has 162 valence electrons. The second kappa shape index (κ2) is 10.7. The van der Waals surface area contributed by atoms with E-state index in [1.807, 2.05) is 43.3 Å². The fraction of sp³-hybridized carbons (Fsp3) is 0.200. The molecule has 1 amide bonds. The molecule has 0 aliphatic rings. The van der Waals surface area contributed by atoms with E-state index in [1.165, 1.54) is 28.5 Å². The highest BCUT2D eigenvalue weighted by Crippen LogP contribution is 2.27. The highest BCUT2D eigenvalue weighted by Gasteiger charge is 2.15. The van der Waals surface area contributed by atoms with Crippen LogP contribution >= 0.6 is 11.8 Å². The fourth-order valence-electron chi connectivity index (χ4n) is 3.55. The molecule has 1 heterocycles. The number of carbonyl (C=O) groups excluding carboxylic acids is 1. The normalized spacial score (nSPS) is 10.9. The van der Waals surface area contributed by atoms with E-state index in [9.17, 15) is 4.79 Å². The van der Waals surface area contributed by atoms with Crippen molar-refractivity contribution < 1.29 is 4.79 Å². The van der Waals surface area contributed by atoms with Crippen LogP contribution < -0.4 is 5.32 Å². The number of nitrogens with zero attached hydrogens (tertiary/aromatic N) is 4. The van der Waals surface area contributed by atoms with Crippen molar-refractivity contribution in [2.75, 3.05) is 12.3 Å². The van der Waals surface area contributed by atoms with Gasteiger partial charge in [-0.2, -0.15) is 4.68 Å². The quantitative estimate of drug-likeness (QED) is 0.388. The van der Waals surface area contributed by atoms with Crippen molar-refractivity contribution >= 4 is 17.7 Å². The molecule has 0 atom stereocenters. The Morgan fingerprint density at radius 2 is 1.56 bits per heavy atom. The number of thioether (sulfide) groups is 1. The number of aromatic nitrogens is 4. The Morgan fingerprint density at radius 3 is 2.19 bits per heavy atom. The lowest BCUT2D eigenvalue weighted by Gasteiger charge is -2.18. The van der Waals surface area contributed by atoms with E-state index in [-0.39, 0.29) is 17.6 Å². The van der Waals surface area contributed by atoms with Crippen molar-refractivity contribution in [3.8, 4) is 5.69 Å². The van der Waals surface area contributed by atoms with E-state index >= 15 is 0 Å². The molecule has 0 unspecified atom stereocenters. The maximum absolute atomic E-state index is 12.5. The highest BCUT2D eigenvalue weighted by atomic mass is 32.2. The number of benzene rings is 3. The molecule has 6 nitrogen and oxygen atoms in total. The zero-order valence-corrected chi connectivity index (χ0v) is 18.7. The van der Waals surface area contributed by atoms with Crippen LogP contribution in [0.5, 0.6) is 0 Å². The number of hydrogen-bond acceptors (Lipinski definition) is 5. The summed E-state index contributed by atoms with van der Waals surface area (Å²) in [6.07, 6.45) is 0.825. The van der Waals surface area contributed by atoms with Crippen LogP contribution in [-0.4, -0.2) is 38.4 Å². The fourth-order valence-corrected chi connectivity index (χ4v) is 4.27. The van der Waals surface area contributed by atoms with Crippen LogP contribution in [0.4, 0.5) is 0 Å². The number of amides is 1. The third kappa shape index (κ3) is 5.62. The first kappa shape index (κ1) is 21.8. The maximum atomic E-state index is 12.5. The Kier molecular flexibility index (Phi) is 7.30. The molecule has 0 saturated carbocycles. The Labute approximate surface area is 192 Å².